The molecule has 0 radical (unpaired) electrons. The van der Waals surface area contributed by atoms with Crippen LogP contribution in [-0.2, 0) is 12.8 Å². The summed E-state index contributed by atoms with van der Waals surface area (Å²) in [5.41, 5.74) is 4.20. The van der Waals surface area contributed by atoms with Crippen molar-refractivity contribution in [3.8, 4) is 12.3 Å². The highest BCUT2D eigenvalue weighted by Crippen LogP contribution is 2.27. The normalized spacial score (nSPS) is 11.1. The standard InChI is InChI=1S/C33H56S/c1-5-8-10-12-14-16-18-20-22-24-26-31-28-30(7-3)33(34-4)29-32(31)27-25-23-21-19-17-15-13-11-9-6-2/h3,28-29H,5-6,8-27H2,1-2,4H3. The van der Waals surface area contributed by atoms with Gasteiger partial charge >= 0.3 is 0 Å². The molecule has 0 spiro atoms. The lowest BCUT2D eigenvalue weighted by molar-refractivity contribution is 0.553. The van der Waals surface area contributed by atoms with E-state index in [1.807, 2.05) is 0 Å². The maximum absolute atomic E-state index is 5.84. The lowest BCUT2D eigenvalue weighted by Crippen LogP contribution is -1.99. The molecule has 1 aromatic rings. The molecule has 194 valence electrons. The van der Waals surface area contributed by atoms with E-state index in [2.05, 4.69) is 38.2 Å². The lowest BCUT2D eigenvalue weighted by Gasteiger charge is -2.14. The Hall–Kier alpha value is -0.870. The number of thioether (sulfide) groups is 1. The van der Waals surface area contributed by atoms with E-state index < -0.39 is 0 Å². The van der Waals surface area contributed by atoms with Gasteiger partial charge in [-0.25, -0.2) is 0 Å². The molecule has 0 nitrogen and oxygen atoms in total. The van der Waals surface area contributed by atoms with Gasteiger partial charge in [-0.15, -0.1) is 18.2 Å². The Morgan fingerprint density at radius 2 is 0.912 bits per heavy atom. The molecule has 0 unspecified atom stereocenters. The molecule has 1 rings (SSSR count). The van der Waals surface area contributed by atoms with Gasteiger partial charge < -0.3 is 0 Å². The summed E-state index contributed by atoms with van der Waals surface area (Å²) in [6.45, 7) is 4.59. The van der Waals surface area contributed by atoms with Gasteiger partial charge in [0.05, 0.1) is 0 Å². The Morgan fingerprint density at radius 3 is 1.26 bits per heavy atom. The van der Waals surface area contributed by atoms with E-state index in [4.69, 9.17) is 6.42 Å². The predicted molar refractivity (Wildman–Crippen MR) is 157 cm³/mol. The average Bonchev–Trinajstić information content (AvgIpc) is 2.86. The quantitative estimate of drug-likeness (QED) is 0.0845. The largest absolute Gasteiger partial charge is 0.128 e. The monoisotopic (exact) mass is 484 g/mol. The molecule has 0 aromatic heterocycles. The summed E-state index contributed by atoms with van der Waals surface area (Å²) in [6.07, 6.45) is 38.4. The van der Waals surface area contributed by atoms with Crippen LogP contribution in [0.1, 0.15) is 159 Å². The molecule has 0 atom stereocenters. The highest BCUT2D eigenvalue weighted by Gasteiger charge is 2.09. The Kier molecular flexibility index (Phi) is 20.7. The number of benzene rings is 1. The summed E-state index contributed by atoms with van der Waals surface area (Å²) in [4.78, 5) is 1.29. The number of unbranched alkanes of at least 4 members (excludes halogenated alkanes) is 18. The molecule has 0 aliphatic rings. The van der Waals surface area contributed by atoms with Crippen molar-refractivity contribution >= 4 is 11.8 Å². The first-order valence-electron chi connectivity index (χ1n) is 14.9. The average molecular weight is 485 g/mol. The molecule has 0 amide bonds. The smallest absolute Gasteiger partial charge is 0.0381 e. The fourth-order valence-corrected chi connectivity index (χ4v) is 5.62. The Morgan fingerprint density at radius 1 is 0.559 bits per heavy atom. The first-order chi connectivity index (χ1) is 16.8. The van der Waals surface area contributed by atoms with Crippen molar-refractivity contribution in [3.05, 3.63) is 28.8 Å². The second-order valence-corrected chi connectivity index (χ2v) is 11.2. The molecule has 0 saturated heterocycles. The number of aryl methyl sites for hydroxylation is 2. The van der Waals surface area contributed by atoms with Crippen molar-refractivity contribution < 1.29 is 0 Å². The van der Waals surface area contributed by atoms with Crippen molar-refractivity contribution in [2.45, 2.75) is 160 Å². The van der Waals surface area contributed by atoms with E-state index >= 15 is 0 Å². The molecule has 0 saturated carbocycles. The van der Waals surface area contributed by atoms with Crippen LogP contribution in [-0.4, -0.2) is 6.26 Å². The Bertz CT molecular complexity index is 639. The van der Waals surface area contributed by atoms with Crippen LogP contribution in [0.25, 0.3) is 0 Å². The van der Waals surface area contributed by atoms with E-state index in [1.165, 1.54) is 152 Å². The van der Waals surface area contributed by atoms with Gasteiger partial charge in [-0.2, -0.15) is 0 Å². The van der Waals surface area contributed by atoms with Crippen molar-refractivity contribution in [1.82, 2.24) is 0 Å². The molecule has 34 heavy (non-hydrogen) atoms. The fraction of sp³-hybridized carbons (Fsp3) is 0.758. The van der Waals surface area contributed by atoms with Crippen LogP contribution in [0.2, 0.25) is 0 Å². The van der Waals surface area contributed by atoms with Crippen LogP contribution in [0.3, 0.4) is 0 Å². The highest BCUT2D eigenvalue weighted by molar-refractivity contribution is 7.98. The van der Waals surface area contributed by atoms with Gasteiger partial charge in [0.15, 0.2) is 0 Å². The molecular formula is C33H56S. The molecular weight excluding hydrogens is 428 g/mol. The van der Waals surface area contributed by atoms with Crippen molar-refractivity contribution in [2.24, 2.45) is 0 Å². The van der Waals surface area contributed by atoms with Crippen LogP contribution in [0.15, 0.2) is 17.0 Å². The number of hydrogen-bond acceptors (Lipinski definition) is 1. The molecule has 0 bridgehead atoms. The zero-order valence-corrected chi connectivity index (χ0v) is 24.0. The van der Waals surface area contributed by atoms with Gasteiger partial charge in [-0.3, -0.25) is 0 Å². The number of hydrogen-bond donors (Lipinski definition) is 0. The first-order valence-corrected chi connectivity index (χ1v) is 16.2. The SMILES string of the molecule is C#Cc1cc(CCCCCCCCCCCC)c(CCCCCCCCCCCC)cc1SC. The summed E-state index contributed by atoms with van der Waals surface area (Å²) < 4.78 is 0. The topological polar surface area (TPSA) is 0 Å². The first kappa shape index (κ1) is 31.2. The van der Waals surface area contributed by atoms with Crippen LogP contribution in [0.4, 0.5) is 0 Å². The van der Waals surface area contributed by atoms with Crippen LogP contribution in [0, 0.1) is 12.3 Å². The van der Waals surface area contributed by atoms with E-state index in [1.54, 1.807) is 17.3 Å². The van der Waals surface area contributed by atoms with Crippen LogP contribution >= 0.6 is 11.8 Å². The molecule has 0 aliphatic carbocycles. The van der Waals surface area contributed by atoms with Gasteiger partial charge in [0.1, 0.15) is 0 Å². The van der Waals surface area contributed by atoms with Gasteiger partial charge in [-0.05, 0) is 55.2 Å². The second kappa shape index (κ2) is 22.6. The van der Waals surface area contributed by atoms with E-state index in [9.17, 15) is 0 Å². The van der Waals surface area contributed by atoms with Crippen molar-refractivity contribution in [2.75, 3.05) is 6.26 Å². The summed E-state index contributed by atoms with van der Waals surface area (Å²) in [6, 6.07) is 4.75. The third kappa shape index (κ3) is 15.2. The molecule has 0 aliphatic heterocycles. The number of rotatable bonds is 23. The minimum atomic E-state index is 1.10. The Labute approximate surface area is 218 Å². The molecule has 0 fully saturated rings. The van der Waals surface area contributed by atoms with Crippen LogP contribution in [0.5, 0.6) is 0 Å². The highest BCUT2D eigenvalue weighted by atomic mass is 32.2. The maximum Gasteiger partial charge on any atom is 0.0381 e. The van der Waals surface area contributed by atoms with Crippen molar-refractivity contribution in [3.63, 3.8) is 0 Å². The van der Waals surface area contributed by atoms with Crippen LogP contribution < -0.4 is 0 Å². The minimum absolute atomic E-state index is 1.10. The second-order valence-electron chi connectivity index (χ2n) is 10.3. The molecule has 0 heterocycles. The zero-order valence-electron chi connectivity index (χ0n) is 23.2. The third-order valence-corrected chi connectivity index (χ3v) is 8.05. The summed E-state index contributed by atoms with van der Waals surface area (Å²) >= 11 is 1.80. The number of terminal acetylenes is 1. The van der Waals surface area contributed by atoms with E-state index in [-0.39, 0.29) is 0 Å². The maximum atomic E-state index is 5.84. The molecule has 1 heteroatoms. The Balaban J connectivity index is 2.35. The minimum Gasteiger partial charge on any atom is -0.128 e. The third-order valence-electron chi connectivity index (χ3n) is 7.28. The molecule has 1 aromatic carbocycles. The van der Waals surface area contributed by atoms with E-state index in [0.717, 1.165) is 5.56 Å². The summed E-state index contributed by atoms with van der Waals surface area (Å²) in [5, 5.41) is 0. The van der Waals surface area contributed by atoms with Crippen molar-refractivity contribution in [1.29, 1.82) is 0 Å². The fourth-order valence-electron chi connectivity index (χ4n) is 5.02. The lowest BCUT2D eigenvalue weighted by atomic mass is 9.94. The zero-order chi connectivity index (χ0) is 24.7. The van der Waals surface area contributed by atoms with Gasteiger partial charge in [-0.1, -0.05) is 135 Å². The molecule has 0 N–H and O–H groups in total. The van der Waals surface area contributed by atoms with Gasteiger partial charge in [0, 0.05) is 10.5 Å². The van der Waals surface area contributed by atoms with Gasteiger partial charge in [0.25, 0.3) is 0 Å². The summed E-state index contributed by atoms with van der Waals surface area (Å²) in [7, 11) is 0. The van der Waals surface area contributed by atoms with E-state index in [0.29, 0.717) is 0 Å². The van der Waals surface area contributed by atoms with Gasteiger partial charge in [0.2, 0.25) is 0 Å². The predicted octanol–water partition coefficient (Wildman–Crippen LogP) is 11.3. The summed E-state index contributed by atoms with van der Waals surface area (Å²) in [5.74, 6) is 2.94.